The second-order valence-corrected chi connectivity index (χ2v) is 9.53. The van der Waals surface area contributed by atoms with Crippen molar-refractivity contribution in [2.75, 3.05) is 13.1 Å². The number of aromatic nitrogens is 5. The summed E-state index contributed by atoms with van der Waals surface area (Å²) in [5, 5.41) is 29.4. The Bertz CT molecular complexity index is 1500. The third-order valence-corrected chi connectivity index (χ3v) is 6.61. The predicted molar refractivity (Wildman–Crippen MR) is 136 cm³/mol. The fourth-order valence-electron chi connectivity index (χ4n) is 4.54. The number of nitrogens with zero attached hydrogens (tertiary/aromatic N) is 6. The van der Waals surface area contributed by atoms with Gasteiger partial charge in [-0.3, -0.25) is 9.48 Å². The average Bonchev–Trinajstić information content (AvgIpc) is 3.59. The molecule has 1 atom stereocenters. The summed E-state index contributed by atoms with van der Waals surface area (Å²) in [5.74, 6) is 4.32. The van der Waals surface area contributed by atoms with Crippen molar-refractivity contribution in [1.29, 1.82) is 0 Å². The first-order chi connectivity index (χ1) is 18.8. The van der Waals surface area contributed by atoms with Gasteiger partial charge in [-0.25, -0.2) is 18.4 Å². The molecule has 1 fully saturated rings. The molecule has 1 aliphatic heterocycles. The number of piperidine rings is 1. The standard InChI is InChI=1S/C28H26F2N6O3/c29-23-7-8-25(26(30)13-23)28(39,17-36-19-31-18-33-36)16-35-15-21(14-32-35)2-1-20-3-5-22(6-4-20)27(38)34-11-9-24(37)10-12-34/h3-8,13-15,18-19,24,37,39H,9-12,16-17H2. The summed E-state index contributed by atoms with van der Waals surface area (Å²) in [5.41, 5.74) is -0.0895. The fourth-order valence-corrected chi connectivity index (χ4v) is 4.54. The van der Waals surface area contributed by atoms with E-state index >= 15 is 0 Å². The Labute approximate surface area is 223 Å². The zero-order chi connectivity index (χ0) is 27.4. The number of aliphatic hydroxyl groups is 2. The van der Waals surface area contributed by atoms with Gasteiger partial charge < -0.3 is 15.1 Å². The molecule has 2 N–H and O–H groups in total. The minimum Gasteiger partial charge on any atom is -0.393 e. The molecule has 0 spiro atoms. The van der Waals surface area contributed by atoms with Gasteiger partial charge in [-0.1, -0.05) is 17.9 Å². The maximum absolute atomic E-state index is 14.7. The van der Waals surface area contributed by atoms with Crippen LogP contribution in [0.1, 0.15) is 39.9 Å². The lowest BCUT2D eigenvalue weighted by Gasteiger charge is -2.29. The number of likely N-dealkylation sites (tertiary alicyclic amines) is 1. The van der Waals surface area contributed by atoms with Gasteiger partial charge in [0.2, 0.25) is 0 Å². The monoisotopic (exact) mass is 532 g/mol. The summed E-state index contributed by atoms with van der Waals surface area (Å²) in [6.45, 7) is 0.779. The first kappa shape index (κ1) is 26.2. The first-order valence-electron chi connectivity index (χ1n) is 12.4. The number of hydrogen-bond acceptors (Lipinski definition) is 6. The molecule has 0 bridgehead atoms. The molecular weight excluding hydrogens is 506 g/mol. The van der Waals surface area contributed by atoms with Crippen LogP contribution in [-0.4, -0.2) is 64.8 Å². The molecule has 1 amide bonds. The molecule has 0 aliphatic carbocycles. The second-order valence-electron chi connectivity index (χ2n) is 9.53. The van der Waals surface area contributed by atoms with Gasteiger partial charge in [0, 0.05) is 42.0 Å². The van der Waals surface area contributed by atoms with E-state index in [2.05, 4.69) is 27.0 Å². The number of hydrogen-bond donors (Lipinski definition) is 2. The molecule has 11 heteroatoms. The Morgan fingerprint density at radius 3 is 2.41 bits per heavy atom. The van der Waals surface area contributed by atoms with Gasteiger partial charge in [-0.05, 0) is 43.2 Å². The van der Waals surface area contributed by atoms with Gasteiger partial charge in [0.15, 0.2) is 0 Å². The van der Waals surface area contributed by atoms with Gasteiger partial charge in [0.1, 0.15) is 29.9 Å². The Hall–Kier alpha value is -4.40. The largest absolute Gasteiger partial charge is 0.393 e. The van der Waals surface area contributed by atoms with E-state index in [1.54, 1.807) is 35.4 Å². The smallest absolute Gasteiger partial charge is 0.253 e. The summed E-state index contributed by atoms with van der Waals surface area (Å²) < 4.78 is 31.0. The van der Waals surface area contributed by atoms with Crippen molar-refractivity contribution >= 4 is 5.91 Å². The van der Waals surface area contributed by atoms with Crippen molar-refractivity contribution in [3.05, 3.63) is 101 Å². The van der Waals surface area contributed by atoms with Crippen LogP contribution in [0.4, 0.5) is 8.78 Å². The van der Waals surface area contributed by atoms with Crippen molar-refractivity contribution in [1.82, 2.24) is 29.4 Å². The van der Waals surface area contributed by atoms with E-state index in [1.165, 1.54) is 34.3 Å². The molecule has 1 unspecified atom stereocenters. The van der Waals surface area contributed by atoms with E-state index in [0.29, 0.717) is 42.6 Å². The molecule has 0 radical (unpaired) electrons. The normalized spacial score (nSPS) is 15.4. The molecule has 1 aliphatic rings. The maximum atomic E-state index is 14.7. The van der Waals surface area contributed by atoms with Crippen LogP contribution in [-0.2, 0) is 18.7 Å². The van der Waals surface area contributed by atoms with Crippen molar-refractivity contribution in [3.63, 3.8) is 0 Å². The highest BCUT2D eigenvalue weighted by Crippen LogP contribution is 2.28. The zero-order valence-electron chi connectivity index (χ0n) is 20.9. The molecule has 9 nitrogen and oxygen atoms in total. The van der Waals surface area contributed by atoms with Crippen LogP contribution >= 0.6 is 0 Å². The Morgan fingerprint density at radius 2 is 1.72 bits per heavy atom. The predicted octanol–water partition coefficient (Wildman–Crippen LogP) is 2.34. The van der Waals surface area contributed by atoms with Crippen molar-refractivity contribution < 1.29 is 23.8 Å². The molecule has 1 saturated heterocycles. The van der Waals surface area contributed by atoms with E-state index in [9.17, 15) is 23.8 Å². The summed E-state index contributed by atoms with van der Waals surface area (Å²) in [7, 11) is 0. The van der Waals surface area contributed by atoms with Gasteiger partial charge >= 0.3 is 0 Å². The van der Waals surface area contributed by atoms with Gasteiger partial charge in [0.25, 0.3) is 5.91 Å². The molecule has 39 heavy (non-hydrogen) atoms. The molecule has 5 rings (SSSR count). The summed E-state index contributed by atoms with van der Waals surface area (Å²) in [4.78, 5) is 18.3. The van der Waals surface area contributed by atoms with Crippen LogP contribution in [0, 0.1) is 23.5 Å². The Morgan fingerprint density at radius 1 is 1.00 bits per heavy atom. The molecule has 4 aromatic rings. The quantitative estimate of drug-likeness (QED) is 0.369. The second kappa shape index (κ2) is 11.1. The number of halogens is 2. The first-order valence-corrected chi connectivity index (χ1v) is 12.4. The highest BCUT2D eigenvalue weighted by molar-refractivity contribution is 5.94. The van der Waals surface area contributed by atoms with Crippen molar-refractivity contribution in [2.45, 2.75) is 37.6 Å². The van der Waals surface area contributed by atoms with E-state index < -0.39 is 17.2 Å². The van der Waals surface area contributed by atoms with E-state index in [4.69, 9.17) is 0 Å². The number of rotatable bonds is 6. The summed E-state index contributed by atoms with van der Waals surface area (Å²) in [6, 6.07) is 9.98. The molecule has 3 heterocycles. The van der Waals surface area contributed by atoms with E-state index in [1.807, 2.05) is 0 Å². The van der Waals surface area contributed by atoms with E-state index in [-0.39, 0.29) is 30.7 Å². The highest BCUT2D eigenvalue weighted by Gasteiger charge is 2.34. The average molecular weight is 533 g/mol. The van der Waals surface area contributed by atoms with Crippen molar-refractivity contribution in [3.8, 4) is 11.8 Å². The maximum Gasteiger partial charge on any atom is 0.253 e. The third kappa shape index (κ3) is 6.19. The number of carbonyl (C=O) groups excluding carboxylic acids is 1. The SMILES string of the molecule is O=C(c1ccc(C#Cc2cnn(CC(O)(Cn3cncn3)c3ccc(F)cc3F)c2)cc1)N1CCC(O)CC1. The zero-order valence-corrected chi connectivity index (χ0v) is 20.9. The van der Waals surface area contributed by atoms with Gasteiger partial charge in [-0.15, -0.1) is 0 Å². The number of aliphatic hydroxyl groups excluding tert-OH is 1. The molecular formula is C28H26F2N6O3. The van der Waals surface area contributed by atoms with Crippen LogP contribution in [0.15, 0.2) is 67.5 Å². The highest BCUT2D eigenvalue weighted by atomic mass is 19.1. The number of carbonyl (C=O) groups is 1. The lowest BCUT2D eigenvalue weighted by Crippen LogP contribution is -2.40. The van der Waals surface area contributed by atoms with Crippen LogP contribution in [0.5, 0.6) is 0 Å². The lowest BCUT2D eigenvalue weighted by molar-refractivity contribution is -0.00847. The molecule has 0 saturated carbocycles. The van der Waals surface area contributed by atoms with Crippen LogP contribution in [0.2, 0.25) is 0 Å². The van der Waals surface area contributed by atoms with Crippen LogP contribution < -0.4 is 0 Å². The fraction of sp³-hybridized carbons (Fsp3) is 0.286. The molecule has 2 aromatic carbocycles. The lowest BCUT2D eigenvalue weighted by atomic mass is 9.93. The minimum atomic E-state index is -1.81. The van der Waals surface area contributed by atoms with Crippen molar-refractivity contribution in [2.24, 2.45) is 0 Å². The van der Waals surface area contributed by atoms with Crippen LogP contribution in [0.25, 0.3) is 0 Å². The number of benzene rings is 2. The third-order valence-electron chi connectivity index (χ3n) is 6.61. The van der Waals surface area contributed by atoms with E-state index in [0.717, 1.165) is 12.1 Å². The van der Waals surface area contributed by atoms with Gasteiger partial charge in [-0.2, -0.15) is 10.2 Å². The topological polar surface area (TPSA) is 109 Å². The van der Waals surface area contributed by atoms with Gasteiger partial charge in [0.05, 0.1) is 31.0 Å². The molecule has 2 aromatic heterocycles. The minimum absolute atomic E-state index is 0.0707. The van der Waals surface area contributed by atoms with Crippen LogP contribution in [0.3, 0.4) is 0 Å². The Balaban J connectivity index is 1.30. The number of amides is 1. The summed E-state index contributed by atoms with van der Waals surface area (Å²) >= 11 is 0. The molecule has 200 valence electrons. The Kier molecular flexibility index (Phi) is 7.49. The summed E-state index contributed by atoms with van der Waals surface area (Å²) in [6.07, 6.45) is 6.64.